The molecule has 1 N–H and O–H groups in total. The summed E-state index contributed by atoms with van der Waals surface area (Å²) in [6.07, 6.45) is 0.938. The van der Waals surface area contributed by atoms with Crippen molar-refractivity contribution in [3.8, 4) is 5.75 Å². The minimum absolute atomic E-state index is 0.240. The first-order valence-electron chi connectivity index (χ1n) is 7.95. The van der Waals surface area contributed by atoms with Gasteiger partial charge in [0.15, 0.2) is 13.2 Å². The highest BCUT2D eigenvalue weighted by Crippen LogP contribution is 2.12. The Bertz CT molecular complexity index is 698. The minimum atomic E-state index is -0.596. The predicted octanol–water partition coefficient (Wildman–Crippen LogP) is 3.14. The van der Waals surface area contributed by atoms with Crippen molar-refractivity contribution in [2.24, 2.45) is 0 Å². The van der Waals surface area contributed by atoms with Gasteiger partial charge in [0.2, 0.25) is 0 Å². The van der Waals surface area contributed by atoms with Gasteiger partial charge in [0.25, 0.3) is 5.91 Å². The van der Waals surface area contributed by atoms with Crippen LogP contribution >= 0.6 is 11.6 Å². The number of hydrogen-bond acceptors (Lipinski definition) is 4. The molecular weight excluding hydrogens is 342 g/mol. The monoisotopic (exact) mass is 361 g/mol. The second kappa shape index (κ2) is 9.69. The first-order valence-corrected chi connectivity index (χ1v) is 8.33. The Kier molecular flexibility index (Phi) is 7.29. The summed E-state index contributed by atoms with van der Waals surface area (Å²) in [4.78, 5) is 23.3. The Morgan fingerprint density at radius 2 is 1.60 bits per heavy atom. The van der Waals surface area contributed by atoms with Crippen LogP contribution in [0.3, 0.4) is 0 Å². The number of carbonyl (C=O) groups excluding carboxylic acids is 2. The van der Waals surface area contributed by atoms with E-state index < -0.39 is 5.97 Å². The Balaban J connectivity index is 1.64. The zero-order valence-electron chi connectivity index (χ0n) is 14.0. The van der Waals surface area contributed by atoms with Crippen LogP contribution in [-0.2, 0) is 27.3 Å². The summed E-state index contributed by atoms with van der Waals surface area (Å²) >= 11 is 5.79. The molecule has 6 heteroatoms. The van der Waals surface area contributed by atoms with Gasteiger partial charge in [-0.25, -0.2) is 4.79 Å². The average molecular weight is 362 g/mol. The molecule has 0 bridgehead atoms. The largest absolute Gasteiger partial charge is 0.482 e. The molecule has 0 atom stereocenters. The SMILES string of the molecule is CCc1ccc(OCC(=O)OCC(=O)NCc2ccc(Cl)cc2)cc1. The van der Waals surface area contributed by atoms with Crippen LogP contribution in [0.1, 0.15) is 18.1 Å². The summed E-state index contributed by atoms with van der Waals surface area (Å²) in [7, 11) is 0. The zero-order valence-corrected chi connectivity index (χ0v) is 14.7. The molecule has 0 heterocycles. The number of esters is 1. The molecule has 0 saturated carbocycles. The number of amides is 1. The third-order valence-corrected chi connectivity index (χ3v) is 3.71. The predicted molar refractivity (Wildman–Crippen MR) is 95.6 cm³/mol. The van der Waals surface area contributed by atoms with E-state index in [9.17, 15) is 9.59 Å². The molecule has 0 fully saturated rings. The van der Waals surface area contributed by atoms with Crippen molar-refractivity contribution in [3.63, 3.8) is 0 Å². The molecule has 2 aromatic carbocycles. The van der Waals surface area contributed by atoms with Crippen LogP contribution in [0.4, 0.5) is 0 Å². The smallest absolute Gasteiger partial charge is 0.344 e. The van der Waals surface area contributed by atoms with Crippen LogP contribution in [0.15, 0.2) is 48.5 Å². The highest BCUT2D eigenvalue weighted by molar-refractivity contribution is 6.30. The van der Waals surface area contributed by atoms with Crippen molar-refractivity contribution in [3.05, 3.63) is 64.7 Å². The molecule has 0 aliphatic rings. The average Bonchev–Trinajstić information content (AvgIpc) is 2.64. The number of benzene rings is 2. The molecule has 0 aromatic heterocycles. The number of rotatable bonds is 8. The van der Waals surface area contributed by atoms with Crippen LogP contribution in [-0.4, -0.2) is 25.1 Å². The number of halogens is 1. The van der Waals surface area contributed by atoms with Crippen molar-refractivity contribution < 1.29 is 19.1 Å². The minimum Gasteiger partial charge on any atom is -0.482 e. The number of aryl methyl sites for hydroxylation is 1. The molecule has 1 amide bonds. The van der Waals surface area contributed by atoms with E-state index in [-0.39, 0.29) is 19.1 Å². The highest BCUT2D eigenvalue weighted by atomic mass is 35.5. The van der Waals surface area contributed by atoms with Crippen molar-refractivity contribution in [2.45, 2.75) is 19.9 Å². The molecular formula is C19H20ClNO4. The van der Waals surface area contributed by atoms with Crippen molar-refractivity contribution in [1.29, 1.82) is 0 Å². The maximum atomic E-state index is 11.7. The topological polar surface area (TPSA) is 64.6 Å². The maximum Gasteiger partial charge on any atom is 0.344 e. The molecule has 0 unspecified atom stereocenters. The third kappa shape index (κ3) is 6.85. The molecule has 132 valence electrons. The lowest BCUT2D eigenvalue weighted by molar-refractivity contribution is -0.150. The molecule has 5 nitrogen and oxygen atoms in total. The fourth-order valence-corrected chi connectivity index (χ4v) is 2.13. The van der Waals surface area contributed by atoms with Crippen molar-refractivity contribution >= 4 is 23.5 Å². The summed E-state index contributed by atoms with van der Waals surface area (Å²) in [5.74, 6) is -0.391. The molecule has 0 radical (unpaired) electrons. The van der Waals surface area contributed by atoms with Gasteiger partial charge in [-0.3, -0.25) is 4.79 Å². The molecule has 0 saturated heterocycles. The van der Waals surface area contributed by atoms with Gasteiger partial charge in [-0.05, 0) is 41.8 Å². The van der Waals surface area contributed by atoms with E-state index in [2.05, 4.69) is 12.2 Å². The number of carbonyl (C=O) groups is 2. The lowest BCUT2D eigenvalue weighted by Gasteiger charge is -2.08. The van der Waals surface area contributed by atoms with Gasteiger partial charge >= 0.3 is 5.97 Å². The van der Waals surface area contributed by atoms with Crippen LogP contribution in [0.2, 0.25) is 5.02 Å². The van der Waals surface area contributed by atoms with E-state index in [1.807, 2.05) is 24.3 Å². The van der Waals surface area contributed by atoms with Crippen LogP contribution < -0.4 is 10.1 Å². The van der Waals surface area contributed by atoms with Gasteiger partial charge in [0.05, 0.1) is 0 Å². The highest BCUT2D eigenvalue weighted by Gasteiger charge is 2.08. The number of ether oxygens (including phenoxy) is 2. The summed E-state index contributed by atoms with van der Waals surface area (Å²) in [5.41, 5.74) is 2.09. The molecule has 2 aromatic rings. The van der Waals surface area contributed by atoms with Gasteiger partial charge in [-0.2, -0.15) is 0 Å². The Hall–Kier alpha value is -2.53. The first kappa shape index (κ1) is 18.8. The van der Waals surface area contributed by atoms with Crippen LogP contribution in [0, 0.1) is 0 Å². The molecule has 0 spiro atoms. The number of nitrogens with one attached hydrogen (secondary N) is 1. The maximum absolute atomic E-state index is 11.7. The molecule has 25 heavy (non-hydrogen) atoms. The normalized spacial score (nSPS) is 10.2. The van der Waals surface area contributed by atoms with Gasteiger partial charge in [0, 0.05) is 11.6 Å². The summed E-state index contributed by atoms with van der Waals surface area (Å²) in [6.45, 7) is 1.82. The van der Waals surface area contributed by atoms with Crippen LogP contribution in [0.25, 0.3) is 0 Å². The fraction of sp³-hybridized carbons (Fsp3) is 0.263. The second-order valence-corrected chi connectivity index (χ2v) is 5.79. The van der Waals surface area contributed by atoms with E-state index >= 15 is 0 Å². The van der Waals surface area contributed by atoms with E-state index in [1.54, 1.807) is 24.3 Å². The Morgan fingerprint density at radius 1 is 0.960 bits per heavy atom. The first-order chi connectivity index (χ1) is 12.1. The zero-order chi connectivity index (χ0) is 18.1. The molecule has 2 rings (SSSR count). The third-order valence-electron chi connectivity index (χ3n) is 3.46. The van der Waals surface area contributed by atoms with Crippen molar-refractivity contribution in [1.82, 2.24) is 5.32 Å². The van der Waals surface area contributed by atoms with E-state index in [1.165, 1.54) is 5.56 Å². The van der Waals surface area contributed by atoms with Crippen LogP contribution in [0.5, 0.6) is 5.75 Å². The van der Waals surface area contributed by atoms with Gasteiger partial charge in [0.1, 0.15) is 5.75 Å². The van der Waals surface area contributed by atoms with E-state index in [4.69, 9.17) is 21.1 Å². The summed E-state index contributed by atoms with van der Waals surface area (Å²) < 4.78 is 10.2. The van der Waals surface area contributed by atoms with Gasteiger partial charge < -0.3 is 14.8 Å². The molecule has 0 aliphatic heterocycles. The second-order valence-electron chi connectivity index (χ2n) is 5.35. The summed E-state index contributed by atoms with van der Waals surface area (Å²) in [6, 6.07) is 14.6. The lowest BCUT2D eigenvalue weighted by Crippen LogP contribution is -2.29. The van der Waals surface area contributed by atoms with E-state index in [0.29, 0.717) is 17.3 Å². The number of hydrogen-bond donors (Lipinski definition) is 1. The van der Waals surface area contributed by atoms with Gasteiger partial charge in [-0.15, -0.1) is 0 Å². The molecule has 0 aliphatic carbocycles. The Labute approximate surface area is 151 Å². The standard InChI is InChI=1S/C19H20ClNO4/c1-2-14-5-9-17(10-6-14)24-13-19(23)25-12-18(22)21-11-15-3-7-16(20)8-4-15/h3-10H,2,11-13H2,1H3,(H,21,22). The fourth-order valence-electron chi connectivity index (χ4n) is 2.01. The quantitative estimate of drug-likeness (QED) is 0.733. The Morgan fingerprint density at radius 3 is 2.24 bits per heavy atom. The van der Waals surface area contributed by atoms with Crippen molar-refractivity contribution in [2.75, 3.05) is 13.2 Å². The van der Waals surface area contributed by atoms with E-state index in [0.717, 1.165) is 12.0 Å². The van der Waals surface area contributed by atoms with Gasteiger partial charge in [-0.1, -0.05) is 42.8 Å². The summed E-state index contributed by atoms with van der Waals surface area (Å²) in [5, 5.41) is 3.29. The lowest BCUT2D eigenvalue weighted by atomic mass is 10.2.